The van der Waals surface area contributed by atoms with Gasteiger partial charge in [0.1, 0.15) is 11.6 Å². The Morgan fingerprint density at radius 1 is 1.15 bits per heavy atom. The van der Waals surface area contributed by atoms with Crippen molar-refractivity contribution in [1.29, 1.82) is 0 Å². The predicted octanol–water partition coefficient (Wildman–Crippen LogP) is 3.84. The van der Waals surface area contributed by atoms with E-state index in [9.17, 15) is 8.78 Å². The molecule has 3 rings (SSSR count). The third-order valence-electron chi connectivity index (χ3n) is 3.54. The van der Waals surface area contributed by atoms with Crippen molar-refractivity contribution in [2.24, 2.45) is 0 Å². The summed E-state index contributed by atoms with van der Waals surface area (Å²) in [5, 5.41) is 0. The number of hydrogen-bond acceptors (Lipinski definition) is 2. The van der Waals surface area contributed by atoms with Crippen molar-refractivity contribution in [1.82, 2.24) is 4.98 Å². The lowest BCUT2D eigenvalue weighted by Gasteiger charge is -2.10. The first-order valence-electron chi connectivity index (χ1n) is 6.65. The molecule has 1 aromatic carbocycles. The second kappa shape index (κ2) is 5.19. The summed E-state index contributed by atoms with van der Waals surface area (Å²) in [5.41, 5.74) is 2.09. The van der Waals surface area contributed by atoms with Crippen molar-refractivity contribution in [2.75, 3.05) is 7.11 Å². The van der Waals surface area contributed by atoms with E-state index in [0.29, 0.717) is 17.4 Å². The highest BCUT2D eigenvalue weighted by atomic mass is 19.1. The molecule has 0 amide bonds. The van der Waals surface area contributed by atoms with Crippen LogP contribution in [0.5, 0.6) is 5.88 Å². The Morgan fingerprint density at radius 3 is 2.65 bits per heavy atom. The zero-order valence-electron chi connectivity index (χ0n) is 11.2. The molecule has 0 radical (unpaired) electrons. The molecule has 2 nitrogen and oxygen atoms in total. The predicted molar refractivity (Wildman–Crippen MR) is 71.9 cm³/mol. The van der Waals surface area contributed by atoms with Crippen LogP contribution in [0, 0.1) is 11.6 Å². The van der Waals surface area contributed by atoms with Gasteiger partial charge in [0.05, 0.1) is 7.11 Å². The van der Waals surface area contributed by atoms with Gasteiger partial charge >= 0.3 is 0 Å². The minimum absolute atomic E-state index is 0.269. The van der Waals surface area contributed by atoms with Crippen LogP contribution in [-0.2, 0) is 6.42 Å². The molecule has 1 aliphatic carbocycles. The standard InChI is InChI=1S/C16H15F2NO/c1-20-16-11(4-7-15(19-16)10-2-3-10)8-12-9-13(17)5-6-14(12)18/h4-7,9-10H,2-3,8H2,1H3. The quantitative estimate of drug-likeness (QED) is 0.846. The molecule has 4 heteroatoms. The van der Waals surface area contributed by atoms with E-state index in [1.165, 1.54) is 6.07 Å². The van der Waals surface area contributed by atoms with E-state index in [1.807, 2.05) is 12.1 Å². The Bertz CT molecular complexity index is 638. The van der Waals surface area contributed by atoms with E-state index >= 15 is 0 Å². The molecular formula is C16H15F2NO. The van der Waals surface area contributed by atoms with Gasteiger partial charge in [0.2, 0.25) is 5.88 Å². The van der Waals surface area contributed by atoms with Crippen LogP contribution in [0.3, 0.4) is 0 Å². The van der Waals surface area contributed by atoms with Gasteiger partial charge in [0.15, 0.2) is 0 Å². The summed E-state index contributed by atoms with van der Waals surface area (Å²) in [6, 6.07) is 7.31. The largest absolute Gasteiger partial charge is 0.481 e. The minimum atomic E-state index is -0.442. The van der Waals surface area contributed by atoms with Gasteiger partial charge in [-0.1, -0.05) is 6.07 Å². The molecule has 0 aliphatic heterocycles. The van der Waals surface area contributed by atoms with Crippen LogP contribution in [0.15, 0.2) is 30.3 Å². The zero-order chi connectivity index (χ0) is 14.1. The summed E-state index contributed by atoms with van der Waals surface area (Å²) in [6.07, 6.45) is 2.59. The Labute approximate surface area is 116 Å². The zero-order valence-corrected chi connectivity index (χ0v) is 11.2. The highest BCUT2D eigenvalue weighted by Crippen LogP contribution is 2.40. The molecule has 104 valence electrons. The third-order valence-corrected chi connectivity index (χ3v) is 3.54. The van der Waals surface area contributed by atoms with Crippen LogP contribution in [0.25, 0.3) is 0 Å². The van der Waals surface area contributed by atoms with Crippen LogP contribution < -0.4 is 4.74 Å². The fourth-order valence-corrected chi connectivity index (χ4v) is 2.29. The summed E-state index contributed by atoms with van der Waals surface area (Å²) < 4.78 is 32.2. The van der Waals surface area contributed by atoms with Gasteiger partial charge in [-0.15, -0.1) is 0 Å². The van der Waals surface area contributed by atoms with Crippen LogP contribution in [0.4, 0.5) is 8.78 Å². The van der Waals surface area contributed by atoms with Gasteiger partial charge in [-0.3, -0.25) is 0 Å². The first-order valence-corrected chi connectivity index (χ1v) is 6.65. The summed E-state index contributed by atoms with van der Waals surface area (Å²) >= 11 is 0. The molecular weight excluding hydrogens is 260 g/mol. The average molecular weight is 275 g/mol. The van der Waals surface area contributed by atoms with Gasteiger partial charge in [-0.2, -0.15) is 0 Å². The Balaban J connectivity index is 1.91. The average Bonchev–Trinajstić information content (AvgIpc) is 3.28. The molecule has 1 saturated carbocycles. The van der Waals surface area contributed by atoms with Crippen LogP contribution in [-0.4, -0.2) is 12.1 Å². The summed E-state index contributed by atoms with van der Waals surface area (Å²) in [5.74, 6) is 0.171. The van der Waals surface area contributed by atoms with E-state index in [4.69, 9.17) is 4.74 Å². The number of rotatable bonds is 4. The van der Waals surface area contributed by atoms with Gasteiger partial charge in [0.25, 0.3) is 0 Å². The fraction of sp³-hybridized carbons (Fsp3) is 0.312. The first-order chi connectivity index (χ1) is 9.67. The van der Waals surface area contributed by atoms with Gasteiger partial charge in [-0.25, -0.2) is 13.8 Å². The van der Waals surface area contributed by atoms with Crippen LogP contribution in [0.2, 0.25) is 0 Å². The molecule has 0 bridgehead atoms. The summed E-state index contributed by atoms with van der Waals surface area (Å²) in [6.45, 7) is 0. The minimum Gasteiger partial charge on any atom is -0.481 e. The van der Waals surface area contributed by atoms with Crippen molar-refractivity contribution < 1.29 is 13.5 Å². The van der Waals surface area contributed by atoms with Crippen molar-refractivity contribution in [2.45, 2.75) is 25.2 Å². The molecule has 1 heterocycles. The molecule has 0 spiro atoms. The number of halogens is 2. The maximum atomic E-state index is 13.7. The number of aromatic nitrogens is 1. The third kappa shape index (κ3) is 2.64. The molecule has 0 unspecified atom stereocenters. The molecule has 0 N–H and O–H groups in total. The number of hydrogen-bond donors (Lipinski definition) is 0. The number of ether oxygens (including phenoxy) is 1. The number of methoxy groups -OCH3 is 1. The lowest BCUT2D eigenvalue weighted by atomic mass is 10.0. The molecule has 0 atom stereocenters. The van der Waals surface area contributed by atoms with Crippen molar-refractivity contribution >= 4 is 0 Å². The summed E-state index contributed by atoms with van der Waals surface area (Å²) in [7, 11) is 1.55. The van der Waals surface area contributed by atoms with Crippen molar-refractivity contribution in [3.8, 4) is 5.88 Å². The second-order valence-corrected chi connectivity index (χ2v) is 5.09. The Kier molecular flexibility index (Phi) is 3.38. The topological polar surface area (TPSA) is 22.1 Å². The van der Waals surface area contributed by atoms with Gasteiger partial charge in [0, 0.05) is 23.6 Å². The van der Waals surface area contributed by atoms with E-state index in [1.54, 1.807) is 7.11 Å². The van der Waals surface area contributed by atoms with Crippen molar-refractivity contribution in [3.05, 3.63) is 58.8 Å². The Morgan fingerprint density at radius 2 is 1.95 bits per heavy atom. The van der Waals surface area contributed by atoms with E-state index < -0.39 is 11.6 Å². The fourth-order valence-electron chi connectivity index (χ4n) is 2.29. The number of pyridine rings is 1. The second-order valence-electron chi connectivity index (χ2n) is 5.09. The molecule has 20 heavy (non-hydrogen) atoms. The SMILES string of the molecule is COc1nc(C2CC2)ccc1Cc1cc(F)ccc1F. The van der Waals surface area contributed by atoms with E-state index in [-0.39, 0.29) is 6.42 Å². The normalized spacial score (nSPS) is 14.3. The molecule has 1 fully saturated rings. The van der Waals surface area contributed by atoms with Gasteiger partial charge < -0.3 is 4.74 Å². The monoisotopic (exact) mass is 275 g/mol. The highest BCUT2D eigenvalue weighted by molar-refractivity contribution is 5.36. The van der Waals surface area contributed by atoms with Crippen LogP contribution >= 0.6 is 0 Å². The smallest absolute Gasteiger partial charge is 0.216 e. The van der Waals surface area contributed by atoms with Gasteiger partial charge in [-0.05, 0) is 42.7 Å². The Hall–Kier alpha value is -1.97. The lowest BCUT2D eigenvalue weighted by Crippen LogP contribution is -2.01. The molecule has 1 aliphatic rings. The van der Waals surface area contributed by atoms with E-state index in [2.05, 4.69) is 4.98 Å². The van der Waals surface area contributed by atoms with Crippen LogP contribution in [0.1, 0.15) is 35.6 Å². The number of benzene rings is 1. The maximum absolute atomic E-state index is 13.7. The van der Waals surface area contributed by atoms with Crippen molar-refractivity contribution in [3.63, 3.8) is 0 Å². The number of nitrogens with zero attached hydrogens (tertiary/aromatic N) is 1. The summed E-state index contributed by atoms with van der Waals surface area (Å²) in [4.78, 5) is 4.46. The molecule has 2 aromatic rings. The maximum Gasteiger partial charge on any atom is 0.216 e. The molecule has 0 saturated heterocycles. The molecule has 1 aromatic heterocycles. The van der Waals surface area contributed by atoms with E-state index in [0.717, 1.165) is 36.2 Å². The highest BCUT2D eigenvalue weighted by Gasteiger charge is 2.25. The first kappa shape index (κ1) is 13.0. The lowest BCUT2D eigenvalue weighted by molar-refractivity contribution is 0.391.